The van der Waals surface area contributed by atoms with Crippen LogP contribution in [0.5, 0.6) is 17.4 Å². The molecule has 0 bridgehead atoms. The molecular weight excluding hydrogens is 735 g/mol. The molecule has 1 aromatic heterocycles. The van der Waals surface area contributed by atoms with Gasteiger partial charge in [0.1, 0.15) is 24.7 Å². The van der Waals surface area contributed by atoms with E-state index in [0.29, 0.717) is 61.2 Å². The van der Waals surface area contributed by atoms with Gasteiger partial charge in [-0.3, -0.25) is 0 Å². The van der Waals surface area contributed by atoms with E-state index in [1.165, 1.54) is 0 Å². The predicted molar refractivity (Wildman–Crippen MR) is 227 cm³/mol. The molecule has 1 fully saturated rings. The molecule has 1 amide bonds. The summed E-state index contributed by atoms with van der Waals surface area (Å²) in [5.74, 6) is 1.92. The fourth-order valence-electron chi connectivity index (χ4n) is 8.83. The number of carbonyl (C=O) groups excluding carboxylic acids is 1. The van der Waals surface area contributed by atoms with Crippen LogP contribution in [-0.4, -0.2) is 83.0 Å². The second kappa shape index (κ2) is 19.8. The molecule has 3 unspecified atom stereocenters. The van der Waals surface area contributed by atoms with Crippen molar-refractivity contribution in [3.05, 3.63) is 114 Å². The number of rotatable bonds is 17. The maximum atomic E-state index is 14.0. The molecule has 3 aromatic carbocycles. The van der Waals surface area contributed by atoms with Crippen molar-refractivity contribution in [2.45, 2.75) is 95.9 Å². The number of piperidine rings is 1. The lowest BCUT2D eigenvalue weighted by atomic mass is 9.84. The number of hydrogen-bond donors (Lipinski definition) is 0. The Kier molecular flexibility index (Phi) is 14.7. The van der Waals surface area contributed by atoms with E-state index in [-0.39, 0.29) is 24.7 Å². The van der Waals surface area contributed by atoms with Crippen molar-refractivity contribution in [3.63, 3.8) is 0 Å². The molecule has 0 saturated carbocycles. The highest BCUT2D eigenvalue weighted by Crippen LogP contribution is 2.46. The summed E-state index contributed by atoms with van der Waals surface area (Å²) in [7, 11) is -0.699. The number of nitrogens with zero attached hydrogens (tertiary/aromatic N) is 3. The van der Waals surface area contributed by atoms with Crippen LogP contribution >= 0.6 is 0 Å². The first-order valence-corrected chi connectivity index (χ1v) is 22.7. The summed E-state index contributed by atoms with van der Waals surface area (Å²) >= 11 is 0. The van der Waals surface area contributed by atoms with Crippen molar-refractivity contribution >= 4 is 20.1 Å². The number of methoxy groups -OCH3 is 1. The lowest BCUT2D eigenvalue weighted by Crippen LogP contribution is -2.59. The molecule has 306 valence electrons. The van der Waals surface area contributed by atoms with Crippen molar-refractivity contribution in [1.82, 2.24) is 9.88 Å². The standard InChI is InChI=1S/C46H61N3O7Si/c1-33(2)57(34(3)4,35(5)6)56-43-30-49(46(50)54-31-36-14-9-8-10-15-36)29-42(45(43)38-18-20-39(21-19-38)55-44-16-11-12-23-47-44)53-32-37-17-22-41-40(28-37)48(25-27-52-41)24-13-26-51-7/h8-12,14-23,28,33-35,42-43,45H,13,24-27,29-32H2,1-7H3. The van der Waals surface area contributed by atoms with Crippen LogP contribution < -0.4 is 14.4 Å². The maximum absolute atomic E-state index is 14.0. The number of hydrogen-bond acceptors (Lipinski definition) is 9. The zero-order chi connectivity index (χ0) is 40.4. The van der Waals surface area contributed by atoms with Crippen molar-refractivity contribution in [3.8, 4) is 17.4 Å². The van der Waals surface area contributed by atoms with Crippen molar-refractivity contribution in [2.75, 3.05) is 51.4 Å². The molecule has 0 N–H and O–H groups in total. The van der Waals surface area contributed by atoms with Gasteiger partial charge in [-0.25, -0.2) is 9.78 Å². The maximum Gasteiger partial charge on any atom is 0.410 e. The average molecular weight is 796 g/mol. The number of carbonyl (C=O) groups is 1. The van der Waals surface area contributed by atoms with Gasteiger partial charge in [0.25, 0.3) is 0 Å². The first-order chi connectivity index (χ1) is 27.6. The van der Waals surface area contributed by atoms with Gasteiger partial charge in [0, 0.05) is 45.0 Å². The molecule has 10 nitrogen and oxygen atoms in total. The second-order valence-corrected chi connectivity index (χ2v) is 21.5. The molecule has 2 aliphatic heterocycles. The quantitative estimate of drug-likeness (QED) is 0.0765. The molecule has 1 saturated heterocycles. The van der Waals surface area contributed by atoms with Crippen LogP contribution in [0.4, 0.5) is 10.5 Å². The van der Waals surface area contributed by atoms with Crippen LogP contribution in [0.2, 0.25) is 16.6 Å². The number of pyridine rings is 1. The highest BCUT2D eigenvalue weighted by Gasteiger charge is 2.51. The van der Waals surface area contributed by atoms with Gasteiger partial charge in [0.2, 0.25) is 14.2 Å². The van der Waals surface area contributed by atoms with Gasteiger partial charge in [-0.15, -0.1) is 0 Å². The minimum Gasteiger partial charge on any atom is -0.490 e. The van der Waals surface area contributed by atoms with Gasteiger partial charge in [0.15, 0.2) is 0 Å². The molecule has 3 heterocycles. The molecule has 6 rings (SSSR count). The Balaban J connectivity index is 1.34. The number of ether oxygens (including phenoxy) is 5. The number of anilines is 1. The fraction of sp³-hybridized carbons (Fsp3) is 0.478. The summed E-state index contributed by atoms with van der Waals surface area (Å²) in [5.41, 5.74) is 5.14. The van der Waals surface area contributed by atoms with Crippen LogP contribution in [0.3, 0.4) is 0 Å². The number of likely N-dealkylation sites (tertiary alicyclic amines) is 1. The van der Waals surface area contributed by atoms with E-state index in [1.807, 2.05) is 66.7 Å². The summed E-state index contributed by atoms with van der Waals surface area (Å²) in [4.78, 5) is 22.5. The lowest BCUT2D eigenvalue weighted by molar-refractivity contribution is -0.0663. The zero-order valence-corrected chi connectivity index (χ0v) is 35.8. The van der Waals surface area contributed by atoms with Crippen LogP contribution in [0.25, 0.3) is 0 Å². The normalized spacial score (nSPS) is 18.5. The van der Waals surface area contributed by atoms with E-state index in [0.717, 1.165) is 47.6 Å². The Morgan fingerprint density at radius 2 is 1.56 bits per heavy atom. The third-order valence-corrected chi connectivity index (χ3v) is 17.6. The van der Waals surface area contributed by atoms with Crippen LogP contribution in [0.15, 0.2) is 97.2 Å². The van der Waals surface area contributed by atoms with E-state index < -0.39 is 14.4 Å². The monoisotopic (exact) mass is 795 g/mol. The first kappa shape index (κ1) is 42.2. The van der Waals surface area contributed by atoms with E-state index >= 15 is 0 Å². The van der Waals surface area contributed by atoms with E-state index in [4.69, 9.17) is 28.1 Å². The third kappa shape index (κ3) is 10.4. The molecule has 0 spiro atoms. The molecule has 0 radical (unpaired) electrons. The summed E-state index contributed by atoms with van der Waals surface area (Å²) in [6.45, 7) is 18.1. The van der Waals surface area contributed by atoms with Crippen LogP contribution in [0.1, 0.15) is 70.6 Å². The zero-order valence-electron chi connectivity index (χ0n) is 34.8. The van der Waals surface area contributed by atoms with Gasteiger partial charge in [-0.2, -0.15) is 0 Å². The van der Waals surface area contributed by atoms with Gasteiger partial charge in [0.05, 0.1) is 37.6 Å². The average Bonchev–Trinajstić information content (AvgIpc) is 3.21. The molecule has 57 heavy (non-hydrogen) atoms. The fourth-order valence-corrected chi connectivity index (χ4v) is 14.4. The predicted octanol–water partition coefficient (Wildman–Crippen LogP) is 9.99. The van der Waals surface area contributed by atoms with Crippen LogP contribution in [0, 0.1) is 0 Å². The number of fused-ring (bicyclic) bond motifs is 1. The van der Waals surface area contributed by atoms with Gasteiger partial charge < -0.3 is 37.9 Å². The smallest absolute Gasteiger partial charge is 0.410 e. The third-order valence-electron chi connectivity index (χ3n) is 11.5. The number of amides is 1. The Labute approximate surface area is 340 Å². The summed E-state index contributed by atoms with van der Waals surface area (Å²) in [6.07, 6.45) is 1.52. The lowest BCUT2D eigenvalue weighted by Gasteiger charge is -2.50. The van der Waals surface area contributed by atoms with Crippen molar-refractivity contribution in [1.29, 1.82) is 0 Å². The van der Waals surface area contributed by atoms with Gasteiger partial charge in [-0.05, 0) is 70.1 Å². The molecule has 11 heteroatoms. The van der Waals surface area contributed by atoms with Crippen molar-refractivity contribution in [2.24, 2.45) is 0 Å². The molecule has 3 atom stereocenters. The Bertz CT molecular complexity index is 1820. The molecule has 2 aliphatic rings. The minimum absolute atomic E-state index is 0.179. The van der Waals surface area contributed by atoms with E-state index in [1.54, 1.807) is 18.2 Å². The molecule has 4 aromatic rings. The number of aromatic nitrogens is 1. The molecular formula is C46H61N3O7Si. The Hall–Kier alpha value is -4.42. The topological polar surface area (TPSA) is 91.8 Å². The Morgan fingerprint density at radius 3 is 2.25 bits per heavy atom. The highest BCUT2D eigenvalue weighted by atomic mass is 28.4. The van der Waals surface area contributed by atoms with Gasteiger partial charge >= 0.3 is 6.09 Å². The van der Waals surface area contributed by atoms with Crippen molar-refractivity contribution < 1.29 is 32.9 Å². The molecule has 0 aliphatic carbocycles. The second-order valence-electron chi connectivity index (χ2n) is 16.1. The largest absolute Gasteiger partial charge is 0.490 e. The highest BCUT2D eigenvalue weighted by molar-refractivity contribution is 6.77. The first-order valence-electron chi connectivity index (χ1n) is 20.5. The summed E-state index contributed by atoms with van der Waals surface area (Å²) < 4.78 is 38.1. The number of benzene rings is 3. The minimum atomic E-state index is -2.44. The summed E-state index contributed by atoms with van der Waals surface area (Å²) in [5, 5.41) is 0. The Morgan fingerprint density at radius 1 is 0.842 bits per heavy atom. The van der Waals surface area contributed by atoms with Crippen LogP contribution in [-0.2, 0) is 31.9 Å². The van der Waals surface area contributed by atoms with Gasteiger partial charge in [-0.1, -0.05) is 96.1 Å². The van der Waals surface area contributed by atoms with E-state index in [2.05, 4.69) is 75.7 Å². The van der Waals surface area contributed by atoms with E-state index in [9.17, 15) is 4.79 Å². The SMILES string of the molecule is COCCCN1CCOc2ccc(COC3CN(C(=O)OCc4ccccc4)CC(O[Si](C(C)C)(C(C)C)C(C)C)C3c3ccc(Oc4ccccn4)cc3)cc21. The summed E-state index contributed by atoms with van der Waals surface area (Å²) in [6, 6.07) is 29.9.